The molecule has 3 aliphatic rings. The zero-order chi connectivity index (χ0) is 16.7. The molecule has 0 saturated carbocycles. The average Bonchev–Trinajstić information content (AvgIpc) is 2.64. The van der Waals surface area contributed by atoms with Gasteiger partial charge in [-0.25, -0.2) is 4.58 Å². The molecule has 0 amide bonds. The van der Waals surface area contributed by atoms with E-state index < -0.39 is 0 Å². The maximum absolute atomic E-state index is 5.71. The van der Waals surface area contributed by atoms with Crippen molar-refractivity contribution in [3.63, 3.8) is 0 Å². The van der Waals surface area contributed by atoms with Crippen LogP contribution >= 0.6 is 0 Å². The molecule has 1 aromatic carbocycles. The number of ether oxygens (including phenoxy) is 3. The minimum absolute atomic E-state index is 0.0699. The molecule has 0 radical (unpaired) electrons. The van der Waals surface area contributed by atoms with Gasteiger partial charge >= 0.3 is 0 Å². The van der Waals surface area contributed by atoms with E-state index in [0.29, 0.717) is 0 Å². The number of nitrogens with zero attached hydrogens (tertiary/aromatic N) is 1. The Kier molecular flexibility index (Phi) is 3.77. The molecule has 24 heavy (non-hydrogen) atoms. The Morgan fingerprint density at radius 3 is 2.71 bits per heavy atom. The minimum Gasteiger partial charge on any atom is -0.498 e. The highest BCUT2D eigenvalue weighted by Gasteiger charge is 2.38. The predicted molar refractivity (Wildman–Crippen MR) is 93.3 cm³/mol. The van der Waals surface area contributed by atoms with Crippen LogP contribution in [0.25, 0.3) is 5.70 Å². The summed E-state index contributed by atoms with van der Waals surface area (Å²) >= 11 is 0. The van der Waals surface area contributed by atoms with Crippen molar-refractivity contribution in [1.29, 1.82) is 0 Å². The second-order valence-electron chi connectivity index (χ2n) is 6.27. The molecule has 0 aromatic heterocycles. The van der Waals surface area contributed by atoms with Crippen molar-refractivity contribution in [3.05, 3.63) is 58.9 Å². The molecule has 4 heteroatoms. The summed E-state index contributed by atoms with van der Waals surface area (Å²) in [5.41, 5.74) is 5.12. The maximum Gasteiger partial charge on any atom is 0.212 e. The number of allylic oxidation sites excluding steroid dienone is 3. The van der Waals surface area contributed by atoms with E-state index >= 15 is 0 Å². The zero-order valence-corrected chi connectivity index (χ0v) is 14.3. The van der Waals surface area contributed by atoms with Gasteiger partial charge in [0.2, 0.25) is 5.70 Å². The van der Waals surface area contributed by atoms with E-state index in [0.717, 1.165) is 24.5 Å². The Morgan fingerprint density at radius 1 is 1.08 bits per heavy atom. The molecule has 124 valence electrons. The van der Waals surface area contributed by atoms with Crippen molar-refractivity contribution in [3.8, 4) is 5.75 Å². The van der Waals surface area contributed by atoms with Crippen LogP contribution in [-0.4, -0.2) is 44.8 Å². The number of benzene rings is 1. The predicted octanol–water partition coefficient (Wildman–Crippen LogP) is 2.79. The average molecular weight is 324 g/mol. The topological polar surface area (TPSA) is 30.7 Å². The number of hydrogen-bond donors (Lipinski definition) is 0. The summed E-state index contributed by atoms with van der Waals surface area (Å²) in [4.78, 5) is 0. The Balaban J connectivity index is 1.81. The van der Waals surface area contributed by atoms with Gasteiger partial charge in [0.05, 0.1) is 25.7 Å². The smallest absolute Gasteiger partial charge is 0.212 e. The van der Waals surface area contributed by atoms with Crippen LogP contribution < -0.4 is 4.74 Å². The van der Waals surface area contributed by atoms with Crippen LogP contribution in [0.1, 0.15) is 11.1 Å². The van der Waals surface area contributed by atoms with Crippen molar-refractivity contribution in [1.82, 2.24) is 0 Å². The standard InChI is InChI=1S/C20H22NO3/c1-22-15-6-4-13-8-9-21-12-17-14(10-18(21)16(13)11-15)5-7-19(23-2)20(17)24-3/h4-7,10-12,17,20H,8-9H2,1-3H3/q+1. The van der Waals surface area contributed by atoms with E-state index in [2.05, 4.69) is 35.1 Å². The molecular weight excluding hydrogens is 302 g/mol. The van der Waals surface area contributed by atoms with E-state index in [4.69, 9.17) is 14.2 Å². The molecule has 0 saturated heterocycles. The molecule has 0 fully saturated rings. The number of methoxy groups -OCH3 is 3. The highest BCUT2D eigenvalue weighted by Crippen LogP contribution is 2.37. The third-order valence-electron chi connectivity index (χ3n) is 5.09. The molecule has 1 aliphatic carbocycles. The van der Waals surface area contributed by atoms with Crippen LogP contribution in [-0.2, 0) is 15.9 Å². The summed E-state index contributed by atoms with van der Waals surface area (Å²) in [6.07, 6.45) is 9.66. The van der Waals surface area contributed by atoms with Crippen molar-refractivity contribution >= 4 is 11.9 Å². The van der Waals surface area contributed by atoms with Crippen LogP contribution in [0.3, 0.4) is 0 Å². The molecule has 2 heterocycles. The molecule has 2 atom stereocenters. The second-order valence-corrected chi connectivity index (χ2v) is 6.27. The molecule has 0 spiro atoms. The fourth-order valence-corrected chi connectivity index (χ4v) is 3.81. The van der Waals surface area contributed by atoms with E-state index in [1.807, 2.05) is 12.1 Å². The molecule has 4 rings (SSSR count). The summed E-state index contributed by atoms with van der Waals surface area (Å²) in [6, 6.07) is 6.35. The first-order chi connectivity index (χ1) is 11.7. The summed E-state index contributed by atoms with van der Waals surface area (Å²) < 4.78 is 18.9. The lowest BCUT2D eigenvalue weighted by Gasteiger charge is -2.31. The van der Waals surface area contributed by atoms with Gasteiger partial charge in [0.15, 0.2) is 12.8 Å². The highest BCUT2D eigenvalue weighted by molar-refractivity contribution is 5.78. The fraction of sp³-hybridized carbons (Fsp3) is 0.350. The Bertz CT molecular complexity index is 801. The van der Waals surface area contributed by atoms with Crippen molar-refractivity contribution in [2.75, 3.05) is 27.9 Å². The molecule has 0 bridgehead atoms. The van der Waals surface area contributed by atoms with Gasteiger partial charge in [0.25, 0.3) is 0 Å². The van der Waals surface area contributed by atoms with E-state index in [9.17, 15) is 0 Å². The maximum atomic E-state index is 5.71. The Labute approximate surface area is 142 Å². The summed E-state index contributed by atoms with van der Waals surface area (Å²) in [5.74, 6) is 1.96. The summed E-state index contributed by atoms with van der Waals surface area (Å²) in [5, 5.41) is 0. The Morgan fingerprint density at radius 2 is 1.96 bits per heavy atom. The van der Waals surface area contributed by atoms with Gasteiger partial charge < -0.3 is 14.2 Å². The second kappa shape index (κ2) is 5.95. The molecule has 4 nitrogen and oxygen atoms in total. The first-order valence-corrected chi connectivity index (χ1v) is 8.24. The van der Waals surface area contributed by atoms with Gasteiger partial charge in [0.1, 0.15) is 17.6 Å². The minimum atomic E-state index is -0.0699. The normalized spacial score (nSPS) is 24.5. The van der Waals surface area contributed by atoms with Crippen molar-refractivity contribution < 1.29 is 18.8 Å². The van der Waals surface area contributed by atoms with Crippen LogP contribution in [0.15, 0.2) is 47.8 Å². The molecular formula is C20H22NO3+. The van der Waals surface area contributed by atoms with Gasteiger partial charge in [-0.1, -0.05) is 12.1 Å². The van der Waals surface area contributed by atoms with Crippen LogP contribution in [0, 0.1) is 5.92 Å². The lowest BCUT2D eigenvalue weighted by Crippen LogP contribution is -2.37. The van der Waals surface area contributed by atoms with E-state index in [-0.39, 0.29) is 12.0 Å². The van der Waals surface area contributed by atoms with Crippen molar-refractivity contribution in [2.24, 2.45) is 5.92 Å². The van der Waals surface area contributed by atoms with Gasteiger partial charge in [-0.05, 0) is 29.3 Å². The highest BCUT2D eigenvalue weighted by atomic mass is 16.5. The number of hydrogen-bond acceptors (Lipinski definition) is 3. The largest absolute Gasteiger partial charge is 0.498 e. The van der Waals surface area contributed by atoms with Gasteiger partial charge in [0, 0.05) is 19.6 Å². The monoisotopic (exact) mass is 324 g/mol. The molecule has 0 N–H and O–H groups in total. The molecule has 2 aliphatic heterocycles. The van der Waals surface area contributed by atoms with E-state index in [1.165, 1.54) is 22.4 Å². The van der Waals surface area contributed by atoms with Gasteiger partial charge in [-0.15, -0.1) is 0 Å². The fourth-order valence-electron chi connectivity index (χ4n) is 3.81. The van der Waals surface area contributed by atoms with Gasteiger partial charge in [-0.3, -0.25) is 0 Å². The molecule has 2 unspecified atom stereocenters. The van der Waals surface area contributed by atoms with E-state index in [1.54, 1.807) is 21.3 Å². The third kappa shape index (κ3) is 2.29. The zero-order valence-electron chi connectivity index (χ0n) is 14.3. The number of rotatable bonds is 3. The van der Waals surface area contributed by atoms with Crippen LogP contribution in [0.4, 0.5) is 0 Å². The summed E-state index contributed by atoms with van der Waals surface area (Å²) in [7, 11) is 5.15. The number of fused-ring (bicyclic) bond motifs is 4. The first-order valence-electron chi connectivity index (χ1n) is 8.24. The Hall–Kier alpha value is -2.33. The summed E-state index contributed by atoms with van der Waals surface area (Å²) in [6.45, 7) is 0.984. The quantitative estimate of drug-likeness (QED) is 0.801. The lowest BCUT2D eigenvalue weighted by atomic mass is 9.83. The first kappa shape index (κ1) is 15.2. The van der Waals surface area contributed by atoms with Crippen molar-refractivity contribution in [2.45, 2.75) is 12.5 Å². The molecule has 1 aromatic rings. The van der Waals surface area contributed by atoms with Gasteiger partial charge in [-0.2, -0.15) is 0 Å². The van der Waals surface area contributed by atoms with Crippen LogP contribution in [0.5, 0.6) is 5.75 Å². The SMILES string of the molecule is COC1=CC=C2C=C3c4cc(OC)ccc4CC[N+]3=CC2C1OC. The third-order valence-corrected chi connectivity index (χ3v) is 5.09. The van der Waals surface area contributed by atoms with Crippen LogP contribution in [0.2, 0.25) is 0 Å². The lowest BCUT2D eigenvalue weighted by molar-refractivity contribution is -0.433.